The Balaban J connectivity index is 1.29. The van der Waals surface area contributed by atoms with E-state index in [4.69, 9.17) is 0 Å². The maximum Gasteiger partial charge on any atom is 0.142 e. The molecule has 254 valence electrons. The molecule has 10 rings (SSSR count). The van der Waals surface area contributed by atoms with Crippen LogP contribution in [0.4, 0.5) is 0 Å². The van der Waals surface area contributed by atoms with Crippen molar-refractivity contribution in [2.75, 3.05) is 0 Å². The van der Waals surface area contributed by atoms with Crippen molar-refractivity contribution in [2.45, 2.75) is 39.5 Å². The molecule has 3 heteroatoms. The van der Waals surface area contributed by atoms with Crippen molar-refractivity contribution in [3.05, 3.63) is 174 Å². The van der Waals surface area contributed by atoms with Gasteiger partial charge in [0, 0.05) is 44.2 Å². The highest BCUT2D eigenvalue weighted by atomic mass is 15.0. The highest BCUT2D eigenvalue weighted by molar-refractivity contribution is 6.42. The minimum Gasteiger partial charge on any atom is -0.313 e. The molecule has 0 fully saturated rings. The van der Waals surface area contributed by atoms with Crippen molar-refractivity contribution in [2.24, 2.45) is 0 Å². The van der Waals surface area contributed by atoms with Crippen LogP contribution in [0.25, 0.3) is 77.5 Å². The molecular formula is C50H41BN2. The Morgan fingerprint density at radius 1 is 0.509 bits per heavy atom. The minimum absolute atomic E-state index is 1.13. The molecule has 0 saturated heterocycles. The van der Waals surface area contributed by atoms with Crippen LogP contribution >= 0.6 is 0 Å². The van der Waals surface area contributed by atoms with Crippen LogP contribution in [0, 0.1) is 13.8 Å². The zero-order chi connectivity index (χ0) is 35.6. The molecule has 1 aliphatic rings. The lowest BCUT2D eigenvalue weighted by Gasteiger charge is -2.20. The van der Waals surface area contributed by atoms with E-state index in [9.17, 15) is 0 Å². The fourth-order valence-corrected chi connectivity index (χ4v) is 9.47. The number of aromatic nitrogens is 2. The number of hydrogen-bond donors (Lipinski definition) is 0. The average Bonchev–Trinajstić information content (AvgIpc) is 3.75. The van der Waals surface area contributed by atoms with Crippen molar-refractivity contribution >= 4 is 46.0 Å². The number of fused-ring (bicyclic) bond motifs is 6. The summed E-state index contributed by atoms with van der Waals surface area (Å²) in [7, 11) is 2.34. The van der Waals surface area contributed by atoms with Crippen LogP contribution in [0.15, 0.2) is 152 Å². The zero-order valence-corrected chi connectivity index (χ0v) is 30.7. The molecule has 0 spiro atoms. The van der Waals surface area contributed by atoms with E-state index in [0.717, 1.165) is 12.8 Å². The van der Waals surface area contributed by atoms with Gasteiger partial charge in [0.05, 0.1) is 16.7 Å². The van der Waals surface area contributed by atoms with E-state index in [1.165, 1.54) is 118 Å². The van der Waals surface area contributed by atoms with Gasteiger partial charge < -0.3 is 9.13 Å². The van der Waals surface area contributed by atoms with Crippen molar-refractivity contribution in [1.29, 1.82) is 0 Å². The predicted molar refractivity (Wildman–Crippen MR) is 228 cm³/mol. The second-order valence-corrected chi connectivity index (χ2v) is 14.8. The predicted octanol–water partition coefficient (Wildman–Crippen LogP) is 11.5. The van der Waals surface area contributed by atoms with Crippen molar-refractivity contribution in [3.63, 3.8) is 0 Å². The van der Waals surface area contributed by atoms with E-state index in [2.05, 4.69) is 182 Å². The summed E-state index contributed by atoms with van der Waals surface area (Å²) >= 11 is 0. The molecule has 0 N–H and O–H groups in total. The van der Waals surface area contributed by atoms with Gasteiger partial charge in [0.25, 0.3) is 0 Å². The SMILES string of the molecule is Bc1c(C)c(-c2ccc3c(c2)c2c(n3-c3ccccc3)CCCC2)c(C)c2c3cccc(-c4ccccc4)c3n(-c3ccccc3-c3ccccc3)c12. The van der Waals surface area contributed by atoms with E-state index in [1.54, 1.807) is 0 Å². The summed E-state index contributed by atoms with van der Waals surface area (Å²) in [5, 5.41) is 4.03. The maximum atomic E-state index is 2.58. The molecule has 0 bridgehead atoms. The Hall–Kier alpha value is -6.06. The summed E-state index contributed by atoms with van der Waals surface area (Å²) in [4.78, 5) is 0. The first kappa shape index (κ1) is 31.7. The first-order valence-electron chi connectivity index (χ1n) is 19.1. The summed E-state index contributed by atoms with van der Waals surface area (Å²) in [6.07, 6.45) is 4.77. The molecular weight excluding hydrogens is 639 g/mol. The molecule has 0 aliphatic heterocycles. The lowest BCUT2D eigenvalue weighted by Crippen LogP contribution is -2.15. The number of aryl methyl sites for hydroxylation is 2. The third kappa shape index (κ3) is 4.87. The van der Waals surface area contributed by atoms with E-state index >= 15 is 0 Å². The number of hydrogen-bond acceptors (Lipinski definition) is 0. The summed E-state index contributed by atoms with van der Waals surface area (Å²) in [6.45, 7) is 4.70. The lowest BCUT2D eigenvalue weighted by molar-refractivity contribution is 0.667. The summed E-state index contributed by atoms with van der Waals surface area (Å²) < 4.78 is 5.11. The second kappa shape index (κ2) is 12.6. The summed E-state index contributed by atoms with van der Waals surface area (Å²) in [5.74, 6) is 0. The molecule has 2 aromatic heterocycles. The Kier molecular flexibility index (Phi) is 7.51. The van der Waals surface area contributed by atoms with Gasteiger partial charge in [0.15, 0.2) is 0 Å². The Labute approximate surface area is 312 Å². The van der Waals surface area contributed by atoms with E-state index < -0.39 is 0 Å². The monoisotopic (exact) mass is 680 g/mol. The molecule has 0 atom stereocenters. The van der Waals surface area contributed by atoms with Gasteiger partial charge in [-0.3, -0.25) is 0 Å². The molecule has 9 aromatic rings. The second-order valence-electron chi connectivity index (χ2n) is 14.8. The Morgan fingerprint density at radius 3 is 1.91 bits per heavy atom. The van der Waals surface area contributed by atoms with Gasteiger partial charge in [0.2, 0.25) is 0 Å². The van der Waals surface area contributed by atoms with Crippen molar-refractivity contribution in [3.8, 4) is 44.8 Å². The standard InChI is InChI=1S/C50H41BN2/c1-32-46(36-29-30-45-42(31-36)40-24-13-15-28-44(40)52(45)37-21-10-5-11-22-37)33(2)48(51)50-47(32)41-26-16-25-39(35-19-8-4-9-20-35)49(41)53(50)43-27-14-12-23-38(43)34-17-6-3-7-18-34/h3-12,14,16-23,25-27,29-31H,13,15,24,28,51H2,1-2H3. The van der Waals surface area contributed by atoms with Crippen LogP contribution < -0.4 is 5.46 Å². The topological polar surface area (TPSA) is 9.86 Å². The Morgan fingerprint density at radius 2 is 1.15 bits per heavy atom. The molecule has 0 amide bonds. The van der Waals surface area contributed by atoms with Crippen LogP contribution in [0.5, 0.6) is 0 Å². The van der Waals surface area contributed by atoms with Gasteiger partial charge in [0.1, 0.15) is 7.85 Å². The number of benzene rings is 7. The van der Waals surface area contributed by atoms with Crippen LogP contribution in [0.2, 0.25) is 0 Å². The molecule has 0 radical (unpaired) electrons. The number of para-hydroxylation sites is 3. The largest absolute Gasteiger partial charge is 0.313 e. The quantitative estimate of drug-likeness (QED) is 0.160. The highest BCUT2D eigenvalue weighted by Crippen LogP contribution is 2.45. The van der Waals surface area contributed by atoms with Gasteiger partial charge in [-0.1, -0.05) is 127 Å². The molecule has 1 aliphatic carbocycles. The number of nitrogens with zero attached hydrogens (tertiary/aromatic N) is 2. The van der Waals surface area contributed by atoms with Crippen LogP contribution in [-0.2, 0) is 12.8 Å². The molecule has 0 saturated carbocycles. The minimum atomic E-state index is 1.13. The van der Waals surface area contributed by atoms with Crippen molar-refractivity contribution in [1.82, 2.24) is 9.13 Å². The lowest BCUT2D eigenvalue weighted by atomic mass is 9.81. The van der Waals surface area contributed by atoms with Gasteiger partial charge in [-0.25, -0.2) is 0 Å². The van der Waals surface area contributed by atoms with Crippen LogP contribution in [-0.4, -0.2) is 17.0 Å². The molecule has 2 nitrogen and oxygen atoms in total. The smallest absolute Gasteiger partial charge is 0.142 e. The third-order valence-corrected chi connectivity index (χ3v) is 11.9. The van der Waals surface area contributed by atoms with E-state index in [0.29, 0.717) is 0 Å². The van der Waals surface area contributed by atoms with E-state index in [-0.39, 0.29) is 0 Å². The fraction of sp³-hybridized carbons (Fsp3) is 0.120. The number of rotatable bonds is 5. The van der Waals surface area contributed by atoms with Crippen LogP contribution in [0.1, 0.15) is 35.2 Å². The molecule has 0 unspecified atom stereocenters. The average molecular weight is 681 g/mol. The van der Waals surface area contributed by atoms with Crippen molar-refractivity contribution < 1.29 is 0 Å². The Bertz CT molecular complexity index is 2840. The first-order chi connectivity index (χ1) is 26.1. The van der Waals surface area contributed by atoms with Gasteiger partial charge in [-0.15, -0.1) is 0 Å². The third-order valence-electron chi connectivity index (χ3n) is 11.9. The molecule has 7 aromatic carbocycles. The van der Waals surface area contributed by atoms with Gasteiger partial charge in [-0.2, -0.15) is 0 Å². The first-order valence-corrected chi connectivity index (χ1v) is 19.1. The van der Waals surface area contributed by atoms with Gasteiger partial charge >= 0.3 is 0 Å². The normalized spacial score (nSPS) is 12.9. The van der Waals surface area contributed by atoms with Crippen LogP contribution in [0.3, 0.4) is 0 Å². The maximum absolute atomic E-state index is 2.58. The molecule has 2 heterocycles. The zero-order valence-electron chi connectivity index (χ0n) is 30.7. The van der Waals surface area contributed by atoms with Gasteiger partial charge in [-0.05, 0) is 109 Å². The highest BCUT2D eigenvalue weighted by Gasteiger charge is 2.26. The fourth-order valence-electron chi connectivity index (χ4n) is 9.47. The van der Waals surface area contributed by atoms with E-state index in [1.807, 2.05) is 0 Å². The summed E-state index contributed by atoms with van der Waals surface area (Å²) in [5.41, 5.74) is 20.9. The summed E-state index contributed by atoms with van der Waals surface area (Å²) in [6, 6.07) is 55.8. The molecule has 53 heavy (non-hydrogen) atoms.